The molecule has 0 aliphatic heterocycles. The summed E-state index contributed by atoms with van der Waals surface area (Å²) < 4.78 is 102. The summed E-state index contributed by atoms with van der Waals surface area (Å²) in [6.45, 7) is 0.713. The second kappa shape index (κ2) is 11.0. The number of hydrogen-bond donors (Lipinski definition) is 0. The lowest BCUT2D eigenvalue weighted by Gasteiger charge is -2.09. The molecule has 0 amide bonds. The van der Waals surface area contributed by atoms with Crippen molar-refractivity contribution in [3.63, 3.8) is 0 Å². The molecular formula is C26H16F8O. The molecule has 182 valence electrons. The van der Waals surface area contributed by atoms with Gasteiger partial charge < -0.3 is 0 Å². The van der Waals surface area contributed by atoms with Gasteiger partial charge >= 0.3 is 0 Å². The average molecular weight is 496 g/mol. The van der Waals surface area contributed by atoms with Crippen LogP contribution in [0.3, 0.4) is 0 Å². The molecule has 0 aliphatic carbocycles. The van der Waals surface area contributed by atoms with E-state index in [9.17, 15) is 35.3 Å². The standard InChI is InChI=1S/C20H14F4.C6H2F4O/c1-12-2-4-13(5-3-12)14-6-7-16(18(22)8-14)15-9-19(23)17(11-21)20(24)10-15;7-4-1-3(11-10)2-5(8)6(4)9/h2-10H,11H2,1H3;1-2H. The normalized spacial score (nSPS) is 10.5. The Kier molecular flexibility index (Phi) is 8.11. The number of rotatable bonds is 4. The van der Waals surface area contributed by atoms with Crippen LogP contribution in [0.5, 0.6) is 5.75 Å². The van der Waals surface area contributed by atoms with Gasteiger partial charge in [-0.25, -0.2) is 30.7 Å². The molecule has 0 N–H and O–H groups in total. The van der Waals surface area contributed by atoms with Gasteiger partial charge in [0.15, 0.2) is 23.2 Å². The molecule has 4 aromatic rings. The van der Waals surface area contributed by atoms with Crippen LogP contribution >= 0.6 is 0 Å². The van der Waals surface area contributed by atoms with E-state index >= 15 is 0 Å². The monoisotopic (exact) mass is 496 g/mol. The van der Waals surface area contributed by atoms with Crippen molar-refractivity contribution in [2.45, 2.75) is 13.6 Å². The SMILES string of the molecule is Cc1ccc(-c2ccc(-c3cc(F)c(CF)c(F)c3)c(F)c2)cc1.FOc1cc(F)c(F)c(F)c1. The van der Waals surface area contributed by atoms with Gasteiger partial charge in [0.05, 0.1) is 5.56 Å². The van der Waals surface area contributed by atoms with E-state index in [4.69, 9.17) is 0 Å². The minimum atomic E-state index is -1.65. The molecule has 0 spiro atoms. The summed E-state index contributed by atoms with van der Waals surface area (Å²) >= 11 is 0. The molecule has 9 heteroatoms. The summed E-state index contributed by atoms with van der Waals surface area (Å²) in [5.74, 6) is -7.97. The Hall–Kier alpha value is -3.88. The predicted molar refractivity (Wildman–Crippen MR) is 115 cm³/mol. The molecule has 0 aromatic heterocycles. The maximum Gasteiger partial charge on any atom is 0.194 e. The Balaban J connectivity index is 0.000000261. The first-order valence-corrected chi connectivity index (χ1v) is 9.98. The smallest absolute Gasteiger partial charge is 0.194 e. The molecule has 4 aromatic carbocycles. The molecule has 1 nitrogen and oxygen atoms in total. The van der Waals surface area contributed by atoms with Gasteiger partial charge in [0, 0.05) is 22.2 Å². The second-order valence-electron chi connectivity index (χ2n) is 7.39. The largest absolute Gasteiger partial charge is 0.294 e. The van der Waals surface area contributed by atoms with Crippen molar-refractivity contribution in [1.82, 2.24) is 0 Å². The Morgan fingerprint density at radius 1 is 0.600 bits per heavy atom. The highest BCUT2D eigenvalue weighted by molar-refractivity contribution is 5.71. The van der Waals surface area contributed by atoms with Crippen LogP contribution in [0.2, 0.25) is 0 Å². The Bertz CT molecular complexity index is 1290. The predicted octanol–water partition coefficient (Wildman–Crippen LogP) is 8.58. The van der Waals surface area contributed by atoms with Gasteiger partial charge in [-0.3, -0.25) is 4.94 Å². The Morgan fingerprint density at radius 2 is 1.11 bits per heavy atom. The van der Waals surface area contributed by atoms with E-state index in [2.05, 4.69) is 4.94 Å². The van der Waals surface area contributed by atoms with E-state index in [1.807, 2.05) is 31.2 Å². The van der Waals surface area contributed by atoms with Crippen LogP contribution < -0.4 is 4.94 Å². The molecule has 0 saturated heterocycles. The van der Waals surface area contributed by atoms with Gasteiger partial charge in [0.1, 0.15) is 24.1 Å². The van der Waals surface area contributed by atoms with Gasteiger partial charge in [0.2, 0.25) is 0 Å². The average Bonchev–Trinajstić information content (AvgIpc) is 2.82. The third-order valence-corrected chi connectivity index (χ3v) is 4.99. The number of benzene rings is 4. The molecule has 0 saturated carbocycles. The first-order chi connectivity index (χ1) is 16.6. The number of aryl methyl sites for hydroxylation is 1. The summed E-state index contributed by atoms with van der Waals surface area (Å²) in [6, 6.07) is 14.7. The summed E-state index contributed by atoms with van der Waals surface area (Å²) in [6.07, 6.45) is 0. The molecule has 0 radical (unpaired) electrons. The fourth-order valence-corrected chi connectivity index (χ4v) is 3.14. The summed E-state index contributed by atoms with van der Waals surface area (Å²) in [4.78, 5) is 2.98. The maximum absolute atomic E-state index is 14.4. The van der Waals surface area contributed by atoms with Crippen LogP contribution in [0.25, 0.3) is 22.3 Å². The molecule has 0 unspecified atom stereocenters. The highest BCUT2D eigenvalue weighted by Crippen LogP contribution is 2.30. The zero-order chi connectivity index (χ0) is 25.7. The maximum atomic E-state index is 14.4. The van der Waals surface area contributed by atoms with Gasteiger partial charge in [0.25, 0.3) is 0 Å². The van der Waals surface area contributed by atoms with Crippen molar-refractivity contribution in [3.05, 3.63) is 113 Å². The zero-order valence-corrected chi connectivity index (χ0v) is 18.0. The minimum absolute atomic E-state index is 0.0372. The van der Waals surface area contributed by atoms with Crippen molar-refractivity contribution >= 4 is 0 Å². The summed E-state index contributed by atoms with van der Waals surface area (Å²) in [7, 11) is 0. The van der Waals surface area contributed by atoms with Gasteiger partial charge in [-0.1, -0.05) is 42.0 Å². The van der Waals surface area contributed by atoms with Crippen LogP contribution in [-0.2, 0) is 6.67 Å². The fourth-order valence-electron chi connectivity index (χ4n) is 3.14. The van der Waals surface area contributed by atoms with Crippen molar-refractivity contribution in [2.24, 2.45) is 0 Å². The van der Waals surface area contributed by atoms with Crippen molar-refractivity contribution in [3.8, 4) is 28.0 Å². The lowest BCUT2D eigenvalue weighted by atomic mass is 9.98. The molecule has 0 fully saturated rings. The first-order valence-electron chi connectivity index (χ1n) is 9.98. The second-order valence-corrected chi connectivity index (χ2v) is 7.39. The van der Waals surface area contributed by atoms with E-state index in [0.29, 0.717) is 17.7 Å². The molecule has 0 bridgehead atoms. The molecule has 0 heterocycles. The molecular weight excluding hydrogens is 480 g/mol. The highest BCUT2D eigenvalue weighted by atomic mass is 19.3. The zero-order valence-electron chi connectivity index (χ0n) is 18.0. The van der Waals surface area contributed by atoms with Crippen LogP contribution in [0.1, 0.15) is 11.1 Å². The van der Waals surface area contributed by atoms with Gasteiger partial charge in [-0.2, -0.15) is 0 Å². The van der Waals surface area contributed by atoms with Crippen molar-refractivity contribution < 1.29 is 40.2 Å². The van der Waals surface area contributed by atoms with E-state index < -0.39 is 52.9 Å². The van der Waals surface area contributed by atoms with Gasteiger partial charge in [-0.15, -0.1) is 0 Å². The van der Waals surface area contributed by atoms with Crippen LogP contribution in [0, 0.1) is 41.8 Å². The lowest BCUT2D eigenvalue weighted by molar-refractivity contribution is -0.00711. The van der Waals surface area contributed by atoms with Crippen LogP contribution in [-0.4, -0.2) is 0 Å². The van der Waals surface area contributed by atoms with Crippen LogP contribution in [0.4, 0.5) is 35.3 Å². The fraction of sp³-hybridized carbons (Fsp3) is 0.0769. The third-order valence-electron chi connectivity index (χ3n) is 4.99. The van der Waals surface area contributed by atoms with E-state index in [-0.39, 0.29) is 11.1 Å². The number of halogens is 8. The molecule has 0 atom stereocenters. The lowest BCUT2D eigenvalue weighted by Crippen LogP contribution is -1.95. The van der Waals surface area contributed by atoms with Gasteiger partial charge in [-0.05, 0) is 41.8 Å². The molecule has 4 rings (SSSR count). The van der Waals surface area contributed by atoms with E-state index in [1.165, 1.54) is 12.1 Å². The summed E-state index contributed by atoms with van der Waals surface area (Å²) in [5.41, 5.74) is 2.06. The number of hydrogen-bond acceptors (Lipinski definition) is 1. The quantitative estimate of drug-likeness (QED) is 0.203. The third kappa shape index (κ3) is 5.98. The van der Waals surface area contributed by atoms with Crippen molar-refractivity contribution in [2.75, 3.05) is 0 Å². The summed E-state index contributed by atoms with van der Waals surface area (Å²) in [5, 5.41) is 0. The molecule has 0 aliphatic rings. The Morgan fingerprint density at radius 3 is 1.60 bits per heavy atom. The van der Waals surface area contributed by atoms with Crippen molar-refractivity contribution in [1.29, 1.82) is 0 Å². The minimum Gasteiger partial charge on any atom is -0.294 e. The highest BCUT2D eigenvalue weighted by Gasteiger charge is 2.15. The first kappa shape index (κ1) is 25.7. The Labute approximate surface area is 195 Å². The van der Waals surface area contributed by atoms with E-state index in [1.54, 1.807) is 6.07 Å². The van der Waals surface area contributed by atoms with Crippen LogP contribution in [0.15, 0.2) is 66.7 Å². The van der Waals surface area contributed by atoms with E-state index in [0.717, 1.165) is 23.3 Å². The topological polar surface area (TPSA) is 9.23 Å². The molecule has 35 heavy (non-hydrogen) atoms. The number of alkyl halides is 1.